The van der Waals surface area contributed by atoms with Gasteiger partial charge in [0.15, 0.2) is 5.82 Å². The van der Waals surface area contributed by atoms with E-state index in [0.717, 1.165) is 0 Å². The Morgan fingerprint density at radius 3 is 2.39 bits per heavy atom. The third-order valence-corrected chi connectivity index (χ3v) is 3.65. The maximum Gasteiger partial charge on any atom is 0.263 e. The summed E-state index contributed by atoms with van der Waals surface area (Å²) in [5.74, 6) is 0.247. The summed E-state index contributed by atoms with van der Waals surface area (Å²) >= 11 is 0. The van der Waals surface area contributed by atoms with Crippen LogP contribution in [0.4, 0.5) is 5.82 Å². The summed E-state index contributed by atoms with van der Waals surface area (Å²) < 4.78 is 27.8. The zero-order chi connectivity index (χ0) is 13.2. The van der Waals surface area contributed by atoms with Crippen LogP contribution in [0.5, 0.6) is 0 Å². The molecule has 1 aromatic carbocycles. The van der Waals surface area contributed by atoms with Gasteiger partial charge in [0, 0.05) is 24.9 Å². The Morgan fingerprint density at radius 1 is 1.22 bits per heavy atom. The number of carbonyl (C=O) groups excluding carboxylic acids is 1. The van der Waals surface area contributed by atoms with E-state index in [0.29, 0.717) is 11.8 Å². The van der Waals surface area contributed by atoms with Gasteiger partial charge >= 0.3 is 0 Å². The predicted molar refractivity (Wildman–Crippen MR) is 65.8 cm³/mol. The molecule has 1 aromatic heterocycles. The van der Waals surface area contributed by atoms with E-state index in [1.54, 1.807) is 19.3 Å². The Hall–Kier alpha value is -2.15. The van der Waals surface area contributed by atoms with E-state index >= 15 is 0 Å². The van der Waals surface area contributed by atoms with Crippen LogP contribution in [0.25, 0.3) is 0 Å². The normalized spacial score (nSPS) is 11.2. The van der Waals surface area contributed by atoms with E-state index in [1.807, 2.05) is 0 Å². The SMILES string of the molecule is Cn1ccc(NS(=O)(=O)c2ccc(C=O)cc2)n1. The second-order valence-electron chi connectivity index (χ2n) is 3.67. The molecule has 0 spiro atoms. The number of aryl methyl sites for hydroxylation is 1. The zero-order valence-electron chi connectivity index (χ0n) is 9.57. The van der Waals surface area contributed by atoms with Crippen molar-refractivity contribution in [3.63, 3.8) is 0 Å². The molecule has 0 bridgehead atoms. The van der Waals surface area contributed by atoms with Crippen LogP contribution in [-0.4, -0.2) is 24.5 Å². The average molecular weight is 265 g/mol. The number of carbonyl (C=O) groups is 1. The predicted octanol–water partition coefficient (Wildman–Crippen LogP) is 1.03. The summed E-state index contributed by atoms with van der Waals surface area (Å²) in [4.78, 5) is 10.6. The number of sulfonamides is 1. The van der Waals surface area contributed by atoms with Crippen LogP contribution >= 0.6 is 0 Å². The van der Waals surface area contributed by atoms with Crippen molar-refractivity contribution in [3.8, 4) is 0 Å². The Kier molecular flexibility index (Phi) is 3.15. The molecule has 7 heteroatoms. The van der Waals surface area contributed by atoms with Crippen molar-refractivity contribution in [1.82, 2.24) is 9.78 Å². The van der Waals surface area contributed by atoms with Crippen LogP contribution in [0.1, 0.15) is 10.4 Å². The minimum Gasteiger partial charge on any atom is -0.298 e. The Balaban J connectivity index is 2.27. The molecule has 94 valence electrons. The van der Waals surface area contributed by atoms with Crippen LogP contribution in [-0.2, 0) is 17.1 Å². The average Bonchev–Trinajstić information content (AvgIpc) is 2.74. The highest BCUT2D eigenvalue weighted by Crippen LogP contribution is 2.14. The maximum atomic E-state index is 12.0. The molecule has 1 heterocycles. The summed E-state index contributed by atoms with van der Waals surface area (Å²) in [6, 6.07) is 7.18. The lowest BCUT2D eigenvalue weighted by Gasteiger charge is -2.05. The highest BCUT2D eigenvalue weighted by molar-refractivity contribution is 7.92. The van der Waals surface area contributed by atoms with E-state index in [4.69, 9.17) is 0 Å². The third-order valence-electron chi connectivity index (χ3n) is 2.28. The largest absolute Gasteiger partial charge is 0.298 e. The Labute approximate surface area is 104 Å². The van der Waals surface area contributed by atoms with Crippen molar-refractivity contribution >= 4 is 22.1 Å². The Bertz CT molecular complexity index is 659. The molecule has 0 fully saturated rings. The van der Waals surface area contributed by atoms with Gasteiger partial charge in [0.2, 0.25) is 0 Å². The summed E-state index contributed by atoms with van der Waals surface area (Å²) in [6.07, 6.45) is 2.29. The topological polar surface area (TPSA) is 81.1 Å². The van der Waals surface area contributed by atoms with Gasteiger partial charge in [-0.1, -0.05) is 12.1 Å². The number of rotatable bonds is 4. The molecule has 2 rings (SSSR count). The van der Waals surface area contributed by atoms with Gasteiger partial charge in [-0.05, 0) is 12.1 Å². The molecule has 1 N–H and O–H groups in total. The molecule has 0 saturated carbocycles. The van der Waals surface area contributed by atoms with Crippen molar-refractivity contribution in [2.75, 3.05) is 4.72 Å². The third kappa shape index (κ3) is 2.57. The van der Waals surface area contributed by atoms with Gasteiger partial charge in [-0.25, -0.2) is 8.42 Å². The van der Waals surface area contributed by atoms with Crippen LogP contribution in [0, 0.1) is 0 Å². The first kappa shape index (κ1) is 12.3. The molecule has 6 nitrogen and oxygen atoms in total. The number of nitrogens with zero attached hydrogens (tertiary/aromatic N) is 2. The molecule has 2 aromatic rings. The van der Waals surface area contributed by atoms with Gasteiger partial charge in [0.25, 0.3) is 10.0 Å². The zero-order valence-corrected chi connectivity index (χ0v) is 10.4. The van der Waals surface area contributed by atoms with E-state index in [9.17, 15) is 13.2 Å². The fourth-order valence-electron chi connectivity index (χ4n) is 1.39. The molecule has 0 radical (unpaired) electrons. The quantitative estimate of drug-likeness (QED) is 0.837. The smallest absolute Gasteiger partial charge is 0.263 e. The van der Waals surface area contributed by atoms with Crippen molar-refractivity contribution in [2.45, 2.75) is 4.90 Å². The minimum absolute atomic E-state index is 0.0822. The standard InChI is InChI=1S/C11H11N3O3S/c1-14-7-6-11(12-14)13-18(16,17)10-4-2-9(8-15)3-5-10/h2-8H,1H3,(H,12,13). The van der Waals surface area contributed by atoms with E-state index in [-0.39, 0.29) is 10.7 Å². The summed E-state index contributed by atoms with van der Waals surface area (Å²) in [6.45, 7) is 0. The molecule has 0 atom stereocenters. The van der Waals surface area contributed by atoms with Crippen molar-refractivity contribution in [3.05, 3.63) is 42.1 Å². The molecule has 0 aliphatic rings. The van der Waals surface area contributed by atoms with Gasteiger partial charge < -0.3 is 0 Å². The van der Waals surface area contributed by atoms with Crippen molar-refractivity contribution < 1.29 is 13.2 Å². The number of aldehydes is 1. The number of hydrogen-bond acceptors (Lipinski definition) is 4. The lowest BCUT2D eigenvalue weighted by atomic mass is 10.2. The molecule has 0 unspecified atom stereocenters. The monoisotopic (exact) mass is 265 g/mol. The molecular formula is C11H11N3O3S. The van der Waals surface area contributed by atoms with E-state index in [1.165, 1.54) is 28.9 Å². The molecule has 18 heavy (non-hydrogen) atoms. The Morgan fingerprint density at radius 2 is 1.89 bits per heavy atom. The molecule has 0 saturated heterocycles. The summed E-state index contributed by atoms with van der Waals surface area (Å²) in [5, 5.41) is 3.93. The second-order valence-corrected chi connectivity index (χ2v) is 5.35. The van der Waals surface area contributed by atoms with E-state index < -0.39 is 10.0 Å². The number of hydrogen-bond donors (Lipinski definition) is 1. The molecular weight excluding hydrogens is 254 g/mol. The number of nitrogens with one attached hydrogen (secondary N) is 1. The van der Waals surface area contributed by atoms with Crippen LogP contribution < -0.4 is 4.72 Å². The first-order valence-electron chi connectivity index (χ1n) is 5.09. The second kappa shape index (κ2) is 4.61. The number of anilines is 1. The molecule has 0 amide bonds. The first-order chi connectivity index (χ1) is 8.51. The van der Waals surface area contributed by atoms with Gasteiger partial charge in [-0.15, -0.1) is 0 Å². The number of benzene rings is 1. The van der Waals surface area contributed by atoms with E-state index in [2.05, 4.69) is 9.82 Å². The maximum absolute atomic E-state index is 12.0. The highest BCUT2D eigenvalue weighted by atomic mass is 32.2. The fraction of sp³-hybridized carbons (Fsp3) is 0.0909. The van der Waals surface area contributed by atoms with Crippen molar-refractivity contribution in [1.29, 1.82) is 0 Å². The van der Waals surface area contributed by atoms with Gasteiger partial charge in [0.05, 0.1) is 4.90 Å². The lowest BCUT2D eigenvalue weighted by Crippen LogP contribution is -2.13. The fourth-order valence-corrected chi connectivity index (χ4v) is 2.39. The minimum atomic E-state index is -3.67. The summed E-state index contributed by atoms with van der Waals surface area (Å²) in [5.41, 5.74) is 0.423. The van der Waals surface area contributed by atoms with Crippen LogP contribution in [0.15, 0.2) is 41.4 Å². The van der Waals surface area contributed by atoms with Gasteiger partial charge in [-0.2, -0.15) is 5.10 Å². The summed E-state index contributed by atoms with van der Waals surface area (Å²) in [7, 11) is -1.98. The first-order valence-corrected chi connectivity index (χ1v) is 6.57. The molecule has 0 aliphatic carbocycles. The highest BCUT2D eigenvalue weighted by Gasteiger charge is 2.15. The van der Waals surface area contributed by atoms with Crippen LogP contribution in [0.2, 0.25) is 0 Å². The van der Waals surface area contributed by atoms with Gasteiger partial charge in [0.1, 0.15) is 6.29 Å². The van der Waals surface area contributed by atoms with Crippen LogP contribution in [0.3, 0.4) is 0 Å². The van der Waals surface area contributed by atoms with Crippen molar-refractivity contribution in [2.24, 2.45) is 7.05 Å². The van der Waals surface area contributed by atoms with Gasteiger partial charge in [-0.3, -0.25) is 14.2 Å². The number of aromatic nitrogens is 2. The molecule has 0 aliphatic heterocycles. The lowest BCUT2D eigenvalue weighted by molar-refractivity contribution is 0.112.